The van der Waals surface area contributed by atoms with Gasteiger partial charge in [-0.2, -0.15) is 61.5 Å². The molecule has 0 aliphatic rings. The molecule has 0 aliphatic carbocycles. The van der Waals surface area contributed by atoms with Gasteiger partial charge in [-0.1, -0.05) is 12.1 Å². The second-order valence-corrected chi connectivity index (χ2v) is 12.8. The van der Waals surface area contributed by atoms with E-state index in [1.54, 1.807) is 5.32 Å². The molecular formula is C20H10F14N2O6S3. The molecule has 0 aromatic heterocycles. The average molecular weight is 736 g/mol. The Morgan fingerprint density at radius 1 is 0.844 bits per heavy atom. The van der Waals surface area contributed by atoms with Gasteiger partial charge >= 0.3 is 34.7 Å². The maximum absolute atomic E-state index is 13.9. The Morgan fingerprint density at radius 2 is 1.36 bits per heavy atom. The van der Waals surface area contributed by atoms with Crippen LogP contribution in [-0.2, 0) is 25.4 Å². The van der Waals surface area contributed by atoms with Crippen LogP contribution in [0.4, 0.5) is 72.8 Å². The minimum atomic E-state index is -7.20. The fraction of sp³-hybridized carbons (Fsp3) is 0.350. The number of para-hydroxylation sites is 1. The fourth-order valence-corrected chi connectivity index (χ4v) is 6.10. The van der Waals surface area contributed by atoms with Crippen molar-refractivity contribution in [1.82, 2.24) is 0 Å². The van der Waals surface area contributed by atoms with Crippen LogP contribution in [0.5, 0.6) is 0 Å². The van der Waals surface area contributed by atoms with Crippen molar-refractivity contribution in [3.63, 3.8) is 0 Å². The van der Waals surface area contributed by atoms with Crippen LogP contribution in [0.3, 0.4) is 0 Å². The number of hydrogen-bond donors (Lipinski definition) is 1. The van der Waals surface area contributed by atoms with Gasteiger partial charge in [0.25, 0.3) is 15.5 Å². The zero-order valence-corrected chi connectivity index (χ0v) is 23.1. The molecule has 1 N–H and O–H groups in total. The summed E-state index contributed by atoms with van der Waals surface area (Å²) in [7, 11) is -10.1. The second kappa shape index (κ2) is 12.2. The number of carbonyl (C=O) groups is 1. The van der Waals surface area contributed by atoms with E-state index in [2.05, 4.69) is 0 Å². The Labute approximate surface area is 246 Å². The van der Waals surface area contributed by atoms with Crippen LogP contribution in [0.25, 0.3) is 0 Å². The fourth-order valence-electron chi connectivity index (χ4n) is 2.89. The second-order valence-electron chi connectivity index (χ2n) is 8.20. The zero-order chi connectivity index (χ0) is 35.2. The van der Waals surface area contributed by atoms with Gasteiger partial charge < -0.3 is 5.32 Å². The number of amides is 1. The van der Waals surface area contributed by atoms with Crippen LogP contribution < -0.4 is 5.32 Å². The third kappa shape index (κ3) is 7.12. The first-order valence-corrected chi connectivity index (χ1v) is 14.3. The highest BCUT2D eigenvalue weighted by Gasteiger charge is 2.79. The molecular weight excluding hydrogens is 726 g/mol. The van der Waals surface area contributed by atoms with E-state index >= 15 is 0 Å². The molecule has 0 aliphatic heterocycles. The molecule has 0 radical (unpaired) electrons. The van der Waals surface area contributed by atoms with Gasteiger partial charge in [0.05, 0.1) is 26.3 Å². The molecule has 2 aromatic carbocycles. The summed E-state index contributed by atoms with van der Waals surface area (Å²) in [5.41, 5.74) is -2.62. The SMILES string of the molecule is O=C(CS(=O)c1ccc(S(=O)(=O)C(F)(F)C(F)(F)C(F)(F)F)cc1[N+](=O)[O-])Nc1ccccc1SC(F)(F)C(F)(F)C(F)(F)F. The van der Waals surface area contributed by atoms with Gasteiger partial charge in [0.2, 0.25) is 5.91 Å². The number of carbonyl (C=O) groups excluding carboxylic acids is 1. The highest BCUT2D eigenvalue weighted by atomic mass is 32.2. The predicted molar refractivity (Wildman–Crippen MR) is 124 cm³/mol. The summed E-state index contributed by atoms with van der Waals surface area (Å²) in [5, 5.41) is 0.287. The van der Waals surface area contributed by atoms with Gasteiger partial charge in [0.1, 0.15) is 10.6 Å². The third-order valence-corrected chi connectivity index (χ3v) is 9.38. The number of halogens is 14. The Morgan fingerprint density at radius 3 is 1.84 bits per heavy atom. The van der Waals surface area contributed by atoms with Gasteiger partial charge in [-0.25, -0.2) is 8.42 Å². The van der Waals surface area contributed by atoms with Crippen molar-refractivity contribution in [3.8, 4) is 0 Å². The van der Waals surface area contributed by atoms with Crippen molar-refractivity contribution in [2.45, 2.75) is 49.4 Å². The van der Waals surface area contributed by atoms with Gasteiger partial charge in [0.15, 0.2) is 0 Å². The van der Waals surface area contributed by atoms with E-state index in [9.17, 15) is 89.0 Å². The minimum absolute atomic E-state index is 0.0415. The molecule has 2 aromatic rings. The molecule has 0 bridgehead atoms. The van der Waals surface area contributed by atoms with Crippen LogP contribution in [0, 0.1) is 10.1 Å². The number of nitrogens with zero attached hydrogens (tertiary/aromatic N) is 1. The third-order valence-electron chi connectivity index (χ3n) is 5.12. The van der Waals surface area contributed by atoms with Crippen LogP contribution >= 0.6 is 11.8 Å². The number of sulfone groups is 1. The molecule has 0 fully saturated rings. The molecule has 0 spiro atoms. The molecule has 1 amide bonds. The van der Waals surface area contributed by atoms with Gasteiger partial charge in [-0.15, -0.1) is 0 Å². The number of hydrogen-bond acceptors (Lipinski definition) is 7. The monoisotopic (exact) mass is 736 g/mol. The Kier molecular flexibility index (Phi) is 10.3. The standard InChI is InChI=1S/C20H10F14N2O6S3/c21-15(22,17(25,26)27)19(31,32)43-12-4-2-1-3-10(12)35-14(37)8-44(40)13-6-5-9(7-11(13)36(38)39)45(41,42)20(33,34)16(23,24)18(28,29)30/h1-7H,8H2,(H,35,37). The van der Waals surface area contributed by atoms with E-state index in [-0.39, 0.29) is 12.1 Å². The number of alkyl halides is 14. The van der Waals surface area contributed by atoms with Crippen molar-refractivity contribution in [2.24, 2.45) is 0 Å². The van der Waals surface area contributed by atoms with E-state index in [1.165, 1.54) is 0 Å². The molecule has 25 heteroatoms. The Balaban J connectivity index is 2.40. The minimum Gasteiger partial charge on any atom is -0.324 e. The maximum atomic E-state index is 13.9. The summed E-state index contributed by atoms with van der Waals surface area (Å²) in [6, 6.07) is 2.48. The highest BCUT2D eigenvalue weighted by Crippen LogP contribution is 2.55. The van der Waals surface area contributed by atoms with Crippen LogP contribution in [0.15, 0.2) is 57.2 Å². The molecule has 0 saturated heterocycles. The van der Waals surface area contributed by atoms with Crippen LogP contribution in [0.2, 0.25) is 0 Å². The normalized spacial score (nSPS) is 14.6. The molecule has 1 unspecified atom stereocenters. The topological polar surface area (TPSA) is 123 Å². The number of nitro groups is 1. The van der Waals surface area contributed by atoms with Crippen molar-refractivity contribution < 1.29 is 83.8 Å². The molecule has 1 atom stereocenters. The van der Waals surface area contributed by atoms with E-state index in [1.807, 2.05) is 0 Å². The van der Waals surface area contributed by atoms with Crippen LogP contribution in [0.1, 0.15) is 0 Å². The lowest BCUT2D eigenvalue weighted by atomic mass is 10.3. The first-order valence-electron chi connectivity index (χ1n) is 10.7. The van der Waals surface area contributed by atoms with Crippen LogP contribution in [-0.4, -0.2) is 63.9 Å². The number of benzene rings is 2. The smallest absolute Gasteiger partial charge is 0.324 e. The van der Waals surface area contributed by atoms with Gasteiger partial charge in [0, 0.05) is 11.0 Å². The van der Waals surface area contributed by atoms with E-state index in [4.69, 9.17) is 0 Å². The average Bonchev–Trinajstić information content (AvgIpc) is 2.87. The first-order chi connectivity index (χ1) is 20.0. The van der Waals surface area contributed by atoms with E-state index in [0.717, 1.165) is 12.1 Å². The quantitative estimate of drug-likeness (QED) is 0.117. The number of anilines is 1. The van der Waals surface area contributed by atoms with Crippen molar-refractivity contribution >= 4 is 49.7 Å². The lowest BCUT2D eigenvalue weighted by Gasteiger charge is -2.28. The zero-order valence-electron chi connectivity index (χ0n) is 20.7. The summed E-state index contributed by atoms with van der Waals surface area (Å²) < 4.78 is 220. The Bertz CT molecular complexity index is 1610. The number of nitrogens with one attached hydrogen (secondary N) is 1. The molecule has 0 saturated carbocycles. The molecule has 45 heavy (non-hydrogen) atoms. The molecule has 0 heterocycles. The predicted octanol–water partition coefficient (Wildman–Crippen LogP) is 6.79. The van der Waals surface area contributed by atoms with Gasteiger partial charge in [-0.05, 0) is 36.0 Å². The first kappa shape index (κ1) is 38.0. The number of thioether (sulfide) groups is 1. The maximum Gasteiger partial charge on any atom is 0.461 e. The summed E-state index contributed by atoms with van der Waals surface area (Å²) >= 11 is -1.35. The summed E-state index contributed by atoms with van der Waals surface area (Å²) in [5.74, 6) is -16.8. The summed E-state index contributed by atoms with van der Waals surface area (Å²) in [6.45, 7) is 0. The Hall–Kier alpha value is -3.22. The van der Waals surface area contributed by atoms with Crippen molar-refractivity contribution in [3.05, 3.63) is 52.6 Å². The van der Waals surface area contributed by atoms with E-state index < -0.39 is 116 Å². The number of nitro benzene ring substituents is 1. The molecule has 2 rings (SSSR count). The van der Waals surface area contributed by atoms with E-state index in [0.29, 0.717) is 12.1 Å². The highest BCUT2D eigenvalue weighted by molar-refractivity contribution is 8.00. The summed E-state index contributed by atoms with van der Waals surface area (Å²) in [6.07, 6.45) is -13.8. The summed E-state index contributed by atoms with van der Waals surface area (Å²) in [4.78, 5) is 17.6. The van der Waals surface area contributed by atoms with Crippen molar-refractivity contribution in [2.75, 3.05) is 11.1 Å². The molecule has 252 valence electrons. The lowest BCUT2D eigenvalue weighted by Crippen LogP contribution is -2.55. The number of rotatable bonds is 11. The van der Waals surface area contributed by atoms with Crippen molar-refractivity contribution in [1.29, 1.82) is 0 Å². The lowest BCUT2D eigenvalue weighted by molar-refractivity contribution is -0.388. The largest absolute Gasteiger partial charge is 0.461 e. The van der Waals surface area contributed by atoms with Gasteiger partial charge in [-0.3, -0.25) is 19.1 Å². The molecule has 8 nitrogen and oxygen atoms in total.